The van der Waals surface area contributed by atoms with Gasteiger partial charge >= 0.3 is 0 Å². The molecule has 0 spiro atoms. The summed E-state index contributed by atoms with van der Waals surface area (Å²) >= 11 is 9.48. The Balaban J connectivity index is 2.27. The molecule has 0 radical (unpaired) electrons. The van der Waals surface area contributed by atoms with Gasteiger partial charge in [0.15, 0.2) is 0 Å². The fourth-order valence-electron chi connectivity index (χ4n) is 2.46. The molecule has 0 amide bonds. The molecular formula is C16H23BrClN3. The van der Waals surface area contributed by atoms with Gasteiger partial charge in [-0.15, -0.1) is 11.6 Å². The number of aryl methyl sites for hydroxylation is 1. The van der Waals surface area contributed by atoms with Gasteiger partial charge in [-0.3, -0.25) is 0 Å². The second-order valence-corrected chi connectivity index (χ2v) is 6.78. The number of imidazole rings is 1. The zero-order valence-corrected chi connectivity index (χ0v) is 15.3. The van der Waals surface area contributed by atoms with Gasteiger partial charge in [-0.25, -0.2) is 4.98 Å². The zero-order valence-electron chi connectivity index (χ0n) is 12.9. The van der Waals surface area contributed by atoms with E-state index in [4.69, 9.17) is 16.6 Å². The Morgan fingerprint density at radius 1 is 1.43 bits per heavy atom. The van der Waals surface area contributed by atoms with E-state index in [0.717, 1.165) is 35.3 Å². The number of benzene rings is 1. The fourth-order valence-corrected chi connectivity index (χ4v) is 2.98. The van der Waals surface area contributed by atoms with Gasteiger partial charge in [0, 0.05) is 35.9 Å². The highest BCUT2D eigenvalue weighted by molar-refractivity contribution is 9.10. The molecule has 5 heteroatoms. The number of halogens is 2. The van der Waals surface area contributed by atoms with Crippen LogP contribution in [0.1, 0.15) is 26.1 Å². The Bertz CT molecular complexity index is 596. The minimum atomic E-state index is 0.600. The minimum absolute atomic E-state index is 0.600. The van der Waals surface area contributed by atoms with Crippen molar-refractivity contribution in [1.29, 1.82) is 0 Å². The van der Waals surface area contributed by atoms with Gasteiger partial charge in [-0.1, -0.05) is 22.9 Å². The molecule has 1 aromatic heterocycles. The van der Waals surface area contributed by atoms with Crippen LogP contribution in [0, 0.1) is 0 Å². The molecule has 2 rings (SSSR count). The lowest BCUT2D eigenvalue weighted by molar-refractivity contribution is 0.242. The Labute approximate surface area is 140 Å². The topological polar surface area (TPSA) is 21.1 Å². The zero-order chi connectivity index (χ0) is 15.4. The van der Waals surface area contributed by atoms with Gasteiger partial charge in [0.05, 0.1) is 11.0 Å². The number of alkyl halides is 1. The van der Waals surface area contributed by atoms with Crippen molar-refractivity contribution in [2.45, 2.75) is 39.3 Å². The average molecular weight is 373 g/mol. The number of likely N-dealkylation sites (N-methyl/N-ethyl adjacent to an activating group) is 1. The summed E-state index contributed by atoms with van der Waals surface area (Å²) in [6, 6.07) is 6.84. The monoisotopic (exact) mass is 371 g/mol. The maximum atomic E-state index is 5.93. The third-order valence-corrected chi connectivity index (χ3v) is 4.81. The molecule has 0 saturated carbocycles. The van der Waals surface area contributed by atoms with E-state index in [1.165, 1.54) is 11.9 Å². The maximum Gasteiger partial charge on any atom is 0.111 e. The van der Waals surface area contributed by atoms with Crippen molar-refractivity contribution in [2.24, 2.45) is 0 Å². The highest BCUT2D eigenvalue weighted by Gasteiger charge is 2.13. The molecular weight excluding hydrogens is 350 g/mol. The van der Waals surface area contributed by atoms with Crippen LogP contribution in [0.25, 0.3) is 11.0 Å². The summed E-state index contributed by atoms with van der Waals surface area (Å²) in [7, 11) is 2.18. The number of hydrogen-bond acceptors (Lipinski definition) is 2. The molecule has 3 nitrogen and oxygen atoms in total. The fraction of sp³-hybridized carbons (Fsp3) is 0.562. The van der Waals surface area contributed by atoms with Crippen LogP contribution in [-0.2, 0) is 13.0 Å². The lowest BCUT2D eigenvalue weighted by atomic mass is 10.2. The van der Waals surface area contributed by atoms with Crippen molar-refractivity contribution in [1.82, 2.24) is 14.5 Å². The summed E-state index contributed by atoms with van der Waals surface area (Å²) in [6.45, 7) is 6.45. The van der Waals surface area contributed by atoms with E-state index in [9.17, 15) is 0 Å². The second-order valence-electron chi connectivity index (χ2n) is 5.49. The summed E-state index contributed by atoms with van der Waals surface area (Å²) in [5, 5.41) is 0. The molecule has 0 aliphatic carbocycles. The van der Waals surface area contributed by atoms with Crippen molar-refractivity contribution < 1.29 is 0 Å². The Hall–Kier alpha value is -0.580. The summed E-state index contributed by atoms with van der Waals surface area (Å²) in [5.74, 6) is 1.68. The molecule has 0 saturated heterocycles. The second kappa shape index (κ2) is 7.61. The molecule has 0 aliphatic heterocycles. The first-order valence-electron chi connectivity index (χ1n) is 7.47. The van der Waals surface area contributed by atoms with Crippen LogP contribution in [0.2, 0.25) is 0 Å². The molecule has 21 heavy (non-hydrogen) atoms. The van der Waals surface area contributed by atoms with E-state index in [1.807, 2.05) is 6.07 Å². The highest BCUT2D eigenvalue weighted by atomic mass is 79.9. The standard InChI is InChI=1S/C16H23BrClN3/c1-4-12(2)20(3)9-10-21-15-11-13(17)5-6-14(15)19-16(21)7-8-18/h5-6,11-12H,4,7-10H2,1-3H3. The van der Waals surface area contributed by atoms with Crippen molar-refractivity contribution >= 4 is 38.6 Å². The lowest BCUT2D eigenvalue weighted by Gasteiger charge is -2.24. The summed E-state index contributed by atoms with van der Waals surface area (Å²) in [5.41, 5.74) is 2.23. The van der Waals surface area contributed by atoms with E-state index in [2.05, 4.69) is 58.4 Å². The van der Waals surface area contributed by atoms with Gasteiger partial charge in [-0.2, -0.15) is 0 Å². The molecule has 2 aromatic rings. The summed E-state index contributed by atoms with van der Waals surface area (Å²) < 4.78 is 3.39. The molecule has 0 fully saturated rings. The first-order valence-corrected chi connectivity index (χ1v) is 8.80. The quantitative estimate of drug-likeness (QED) is 0.675. The number of fused-ring (bicyclic) bond motifs is 1. The normalized spacial score (nSPS) is 13.2. The van der Waals surface area contributed by atoms with E-state index in [-0.39, 0.29) is 0 Å². The van der Waals surface area contributed by atoms with Gasteiger partial charge in [-0.05, 0) is 38.6 Å². The Morgan fingerprint density at radius 2 is 2.19 bits per heavy atom. The van der Waals surface area contributed by atoms with Crippen LogP contribution in [0.4, 0.5) is 0 Å². The van der Waals surface area contributed by atoms with Crippen molar-refractivity contribution in [3.63, 3.8) is 0 Å². The summed E-state index contributed by atoms with van der Waals surface area (Å²) in [4.78, 5) is 7.12. The minimum Gasteiger partial charge on any atom is -0.327 e. The third kappa shape index (κ3) is 3.99. The first-order chi connectivity index (χ1) is 10.1. The van der Waals surface area contributed by atoms with E-state index >= 15 is 0 Å². The Morgan fingerprint density at radius 3 is 2.86 bits per heavy atom. The molecule has 1 heterocycles. The van der Waals surface area contributed by atoms with Crippen LogP contribution in [-0.4, -0.2) is 40.0 Å². The smallest absolute Gasteiger partial charge is 0.111 e. The van der Waals surface area contributed by atoms with E-state index in [1.54, 1.807) is 0 Å². The molecule has 1 aromatic carbocycles. The Kier molecular flexibility index (Phi) is 6.08. The van der Waals surface area contributed by atoms with Crippen molar-refractivity contribution in [3.05, 3.63) is 28.5 Å². The maximum absolute atomic E-state index is 5.93. The molecule has 0 bridgehead atoms. The van der Waals surface area contributed by atoms with Gasteiger partial charge in [0.2, 0.25) is 0 Å². The largest absolute Gasteiger partial charge is 0.327 e. The van der Waals surface area contributed by atoms with Crippen LogP contribution in [0.5, 0.6) is 0 Å². The SMILES string of the molecule is CCC(C)N(C)CCn1c(CCCl)nc2ccc(Br)cc21. The van der Waals surface area contributed by atoms with Crippen LogP contribution < -0.4 is 0 Å². The van der Waals surface area contributed by atoms with Gasteiger partial charge in [0.1, 0.15) is 5.82 Å². The van der Waals surface area contributed by atoms with Crippen molar-refractivity contribution in [3.8, 4) is 0 Å². The first kappa shape index (κ1) is 16.8. The third-order valence-electron chi connectivity index (χ3n) is 4.13. The van der Waals surface area contributed by atoms with Crippen LogP contribution >= 0.6 is 27.5 Å². The van der Waals surface area contributed by atoms with Crippen LogP contribution in [0.3, 0.4) is 0 Å². The average Bonchev–Trinajstić information content (AvgIpc) is 2.81. The molecule has 1 unspecified atom stereocenters. The number of rotatable bonds is 7. The predicted molar refractivity (Wildman–Crippen MR) is 94.2 cm³/mol. The molecule has 0 N–H and O–H groups in total. The molecule has 116 valence electrons. The molecule has 0 aliphatic rings. The predicted octanol–water partition coefficient (Wildman–Crippen LogP) is 4.31. The highest BCUT2D eigenvalue weighted by Crippen LogP contribution is 2.22. The number of nitrogens with zero attached hydrogens (tertiary/aromatic N) is 3. The summed E-state index contributed by atoms with van der Waals surface area (Å²) in [6.07, 6.45) is 1.97. The van der Waals surface area contributed by atoms with Crippen LogP contribution in [0.15, 0.2) is 22.7 Å². The van der Waals surface area contributed by atoms with Crippen molar-refractivity contribution in [2.75, 3.05) is 19.5 Å². The number of aromatic nitrogens is 2. The van der Waals surface area contributed by atoms with Gasteiger partial charge < -0.3 is 9.47 Å². The molecule has 1 atom stereocenters. The van der Waals surface area contributed by atoms with E-state index in [0.29, 0.717) is 11.9 Å². The lowest BCUT2D eigenvalue weighted by Crippen LogP contribution is -2.31. The van der Waals surface area contributed by atoms with E-state index < -0.39 is 0 Å². The van der Waals surface area contributed by atoms with Gasteiger partial charge in [0.25, 0.3) is 0 Å². The number of hydrogen-bond donors (Lipinski definition) is 0.